The lowest BCUT2D eigenvalue weighted by atomic mass is 10.2. The number of likely N-dealkylation sites (N-methyl/N-ethyl adjacent to an activating group) is 1. The maximum absolute atomic E-state index is 12.4. The topological polar surface area (TPSA) is 42.3 Å². The van der Waals surface area contributed by atoms with Gasteiger partial charge in [0.15, 0.2) is 0 Å². The second kappa shape index (κ2) is 6.19. The Morgan fingerprint density at radius 2 is 2.00 bits per heavy atom. The molecule has 0 saturated carbocycles. The summed E-state index contributed by atoms with van der Waals surface area (Å²) in [6.07, 6.45) is 1.63. The number of aromatic nitrogens is 1. The average Bonchev–Trinajstić information content (AvgIpc) is 2.42. The fraction of sp³-hybridized carbons (Fsp3) is 0.250. The van der Waals surface area contributed by atoms with E-state index in [4.69, 9.17) is 0 Å². The van der Waals surface area contributed by atoms with E-state index in [1.807, 2.05) is 38.1 Å². The van der Waals surface area contributed by atoms with Crippen LogP contribution in [0, 0.1) is 6.92 Å². The standard InChI is InChI=1S/C16H18N2O2/c1-3-18(14-8-6-7-13(2)11-14)16(20)12-17-10-5-4-9-15(17)19/h4-11H,3,12H2,1-2H3. The van der Waals surface area contributed by atoms with Gasteiger partial charge in [-0.05, 0) is 37.6 Å². The first-order chi connectivity index (χ1) is 9.61. The molecule has 0 aliphatic heterocycles. The van der Waals surface area contributed by atoms with Gasteiger partial charge in [0.1, 0.15) is 6.54 Å². The molecule has 0 spiro atoms. The fourth-order valence-corrected chi connectivity index (χ4v) is 2.12. The number of hydrogen-bond donors (Lipinski definition) is 0. The molecule has 2 aromatic rings. The maximum Gasteiger partial charge on any atom is 0.250 e. The van der Waals surface area contributed by atoms with Crippen LogP contribution in [0.2, 0.25) is 0 Å². The van der Waals surface area contributed by atoms with Crippen molar-refractivity contribution in [2.45, 2.75) is 20.4 Å². The molecule has 4 heteroatoms. The number of carbonyl (C=O) groups excluding carboxylic acids is 1. The highest BCUT2D eigenvalue weighted by atomic mass is 16.2. The van der Waals surface area contributed by atoms with E-state index in [0.717, 1.165) is 11.3 Å². The van der Waals surface area contributed by atoms with Gasteiger partial charge in [-0.15, -0.1) is 0 Å². The van der Waals surface area contributed by atoms with Gasteiger partial charge in [0.05, 0.1) is 0 Å². The molecular weight excluding hydrogens is 252 g/mol. The number of pyridine rings is 1. The Balaban J connectivity index is 2.22. The Kier molecular flexibility index (Phi) is 4.35. The van der Waals surface area contributed by atoms with Gasteiger partial charge in [0.25, 0.3) is 5.56 Å². The number of benzene rings is 1. The Morgan fingerprint density at radius 3 is 2.65 bits per heavy atom. The second-order valence-electron chi connectivity index (χ2n) is 4.64. The van der Waals surface area contributed by atoms with Crippen molar-refractivity contribution in [1.82, 2.24) is 4.57 Å². The van der Waals surface area contributed by atoms with Crippen LogP contribution in [0.5, 0.6) is 0 Å². The van der Waals surface area contributed by atoms with E-state index in [1.54, 1.807) is 23.2 Å². The SMILES string of the molecule is CCN(C(=O)Cn1ccccc1=O)c1cccc(C)c1. The molecule has 0 aliphatic rings. The molecule has 0 fully saturated rings. The highest BCUT2D eigenvalue weighted by Crippen LogP contribution is 2.16. The molecule has 0 radical (unpaired) electrons. The number of nitrogens with zero attached hydrogens (tertiary/aromatic N) is 2. The van der Waals surface area contributed by atoms with E-state index in [-0.39, 0.29) is 18.0 Å². The van der Waals surface area contributed by atoms with Crippen LogP contribution in [0.3, 0.4) is 0 Å². The third kappa shape index (κ3) is 3.15. The minimum atomic E-state index is -0.166. The number of carbonyl (C=O) groups is 1. The summed E-state index contributed by atoms with van der Waals surface area (Å²) in [5.74, 6) is -0.0913. The number of amides is 1. The zero-order chi connectivity index (χ0) is 14.5. The van der Waals surface area contributed by atoms with E-state index >= 15 is 0 Å². The van der Waals surface area contributed by atoms with Crippen LogP contribution >= 0.6 is 0 Å². The predicted molar refractivity (Wildman–Crippen MR) is 79.9 cm³/mol. The summed E-state index contributed by atoms with van der Waals surface area (Å²) >= 11 is 0. The normalized spacial score (nSPS) is 10.3. The molecule has 4 nitrogen and oxygen atoms in total. The van der Waals surface area contributed by atoms with Crippen molar-refractivity contribution in [3.05, 3.63) is 64.6 Å². The van der Waals surface area contributed by atoms with E-state index < -0.39 is 0 Å². The smallest absolute Gasteiger partial charge is 0.250 e. The third-order valence-corrected chi connectivity index (χ3v) is 3.14. The number of anilines is 1. The van der Waals surface area contributed by atoms with Crippen molar-refractivity contribution in [1.29, 1.82) is 0 Å². The summed E-state index contributed by atoms with van der Waals surface area (Å²) in [5, 5.41) is 0. The third-order valence-electron chi connectivity index (χ3n) is 3.14. The summed E-state index contributed by atoms with van der Waals surface area (Å²) in [6.45, 7) is 4.54. The highest BCUT2D eigenvalue weighted by molar-refractivity contribution is 5.93. The Morgan fingerprint density at radius 1 is 1.20 bits per heavy atom. The van der Waals surface area contributed by atoms with E-state index in [9.17, 15) is 9.59 Å². The molecular formula is C16H18N2O2. The van der Waals surface area contributed by atoms with Gasteiger partial charge in [0, 0.05) is 24.5 Å². The summed E-state index contributed by atoms with van der Waals surface area (Å²) in [7, 11) is 0. The summed E-state index contributed by atoms with van der Waals surface area (Å²) in [4.78, 5) is 25.7. The number of hydrogen-bond acceptors (Lipinski definition) is 2. The summed E-state index contributed by atoms with van der Waals surface area (Å²) < 4.78 is 1.42. The van der Waals surface area contributed by atoms with Gasteiger partial charge >= 0.3 is 0 Å². The Bertz CT molecular complexity index is 661. The molecule has 0 bridgehead atoms. The van der Waals surface area contributed by atoms with Gasteiger partial charge in [-0.25, -0.2) is 0 Å². The van der Waals surface area contributed by atoms with Crippen LogP contribution in [-0.2, 0) is 11.3 Å². The van der Waals surface area contributed by atoms with Gasteiger partial charge in [-0.3, -0.25) is 9.59 Å². The average molecular weight is 270 g/mol. The Hall–Kier alpha value is -2.36. The predicted octanol–water partition coefficient (Wildman–Crippen LogP) is 2.21. The zero-order valence-corrected chi connectivity index (χ0v) is 11.7. The van der Waals surface area contributed by atoms with E-state index in [0.29, 0.717) is 6.54 Å². The van der Waals surface area contributed by atoms with Crippen LogP contribution in [0.25, 0.3) is 0 Å². The molecule has 0 aliphatic carbocycles. The molecule has 2 rings (SSSR count). The van der Waals surface area contributed by atoms with Crippen LogP contribution in [0.4, 0.5) is 5.69 Å². The molecule has 20 heavy (non-hydrogen) atoms. The molecule has 0 unspecified atom stereocenters. The molecule has 0 atom stereocenters. The molecule has 1 aromatic heterocycles. The Labute approximate surface area is 118 Å². The van der Waals surface area contributed by atoms with Gasteiger partial charge in [0.2, 0.25) is 5.91 Å². The summed E-state index contributed by atoms with van der Waals surface area (Å²) in [5.41, 5.74) is 1.80. The quantitative estimate of drug-likeness (QED) is 0.854. The molecule has 1 aromatic carbocycles. The first-order valence-corrected chi connectivity index (χ1v) is 6.64. The molecule has 0 N–H and O–H groups in total. The van der Waals surface area contributed by atoms with Gasteiger partial charge < -0.3 is 9.47 Å². The van der Waals surface area contributed by atoms with Crippen LogP contribution in [-0.4, -0.2) is 17.0 Å². The molecule has 1 amide bonds. The van der Waals surface area contributed by atoms with Gasteiger partial charge in [-0.1, -0.05) is 18.2 Å². The van der Waals surface area contributed by atoms with Crippen molar-refractivity contribution < 1.29 is 4.79 Å². The first kappa shape index (κ1) is 14.1. The lowest BCUT2D eigenvalue weighted by molar-refractivity contribution is -0.119. The number of aryl methyl sites for hydroxylation is 1. The highest BCUT2D eigenvalue weighted by Gasteiger charge is 2.14. The minimum Gasteiger partial charge on any atom is -0.311 e. The van der Waals surface area contributed by atoms with Crippen LogP contribution < -0.4 is 10.5 Å². The zero-order valence-electron chi connectivity index (χ0n) is 11.7. The maximum atomic E-state index is 12.4. The molecule has 1 heterocycles. The van der Waals surface area contributed by atoms with Crippen molar-refractivity contribution in [2.75, 3.05) is 11.4 Å². The lowest BCUT2D eigenvalue weighted by Gasteiger charge is -2.22. The fourth-order valence-electron chi connectivity index (χ4n) is 2.12. The van der Waals surface area contributed by atoms with E-state index in [1.165, 1.54) is 10.6 Å². The van der Waals surface area contributed by atoms with Crippen molar-refractivity contribution in [3.63, 3.8) is 0 Å². The van der Waals surface area contributed by atoms with Crippen LogP contribution in [0.1, 0.15) is 12.5 Å². The van der Waals surface area contributed by atoms with Crippen LogP contribution in [0.15, 0.2) is 53.5 Å². The summed E-state index contributed by atoms with van der Waals surface area (Å²) in [6, 6.07) is 12.7. The van der Waals surface area contributed by atoms with Crippen molar-refractivity contribution >= 4 is 11.6 Å². The van der Waals surface area contributed by atoms with Crippen molar-refractivity contribution in [3.8, 4) is 0 Å². The molecule has 104 valence electrons. The number of rotatable bonds is 4. The first-order valence-electron chi connectivity index (χ1n) is 6.64. The molecule has 0 saturated heterocycles. The second-order valence-corrected chi connectivity index (χ2v) is 4.64. The van der Waals surface area contributed by atoms with Gasteiger partial charge in [-0.2, -0.15) is 0 Å². The lowest BCUT2D eigenvalue weighted by Crippen LogP contribution is -2.36. The largest absolute Gasteiger partial charge is 0.311 e. The minimum absolute atomic E-state index is 0.0570. The van der Waals surface area contributed by atoms with Crippen molar-refractivity contribution in [2.24, 2.45) is 0 Å². The van der Waals surface area contributed by atoms with E-state index in [2.05, 4.69) is 0 Å². The monoisotopic (exact) mass is 270 g/mol.